The number of carbonyl (C=O) groups excluding carboxylic acids is 1. The Morgan fingerprint density at radius 1 is 1.15 bits per heavy atom. The van der Waals surface area contributed by atoms with Crippen LogP contribution in [0.5, 0.6) is 5.88 Å². The highest BCUT2D eigenvalue weighted by Gasteiger charge is 2.41. The second-order valence-corrected chi connectivity index (χ2v) is 10.1. The van der Waals surface area contributed by atoms with Gasteiger partial charge in [0, 0.05) is 23.3 Å². The van der Waals surface area contributed by atoms with Crippen LogP contribution in [0, 0.1) is 0 Å². The van der Waals surface area contributed by atoms with E-state index in [4.69, 9.17) is 20.2 Å². The average molecular weight is 448 g/mol. The summed E-state index contributed by atoms with van der Waals surface area (Å²) < 4.78 is 11.5. The molecule has 0 unspecified atom stereocenters. The van der Waals surface area contributed by atoms with E-state index < -0.39 is 11.0 Å². The molecule has 1 fully saturated rings. The van der Waals surface area contributed by atoms with Gasteiger partial charge in [0.1, 0.15) is 23.8 Å². The lowest BCUT2D eigenvalue weighted by Crippen LogP contribution is -2.42. The minimum Gasteiger partial charge on any atom is -0.474 e. The minimum absolute atomic E-state index is 0.229. The molecule has 3 aromatic rings. The summed E-state index contributed by atoms with van der Waals surface area (Å²) in [4.78, 5) is 26.2. The van der Waals surface area contributed by atoms with Crippen LogP contribution in [0.1, 0.15) is 69.1 Å². The maximum absolute atomic E-state index is 12.3. The van der Waals surface area contributed by atoms with Crippen molar-refractivity contribution in [1.29, 1.82) is 0 Å². The maximum atomic E-state index is 12.3. The van der Waals surface area contributed by atoms with E-state index in [1.54, 1.807) is 24.5 Å². The van der Waals surface area contributed by atoms with Gasteiger partial charge >= 0.3 is 5.97 Å². The number of anilines is 2. The molecule has 1 aliphatic carbocycles. The highest BCUT2D eigenvalue weighted by Crippen LogP contribution is 2.38. The van der Waals surface area contributed by atoms with E-state index in [0.717, 1.165) is 29.2 Å². The number of carbonyl (C=O) groups is 1. The number of nitrogens with one attached hydrogen (secondary N) is 1. The van der Waals surface area contributed by atoms with E-state index in [-0.39, 0.29) is 18.2 Å². The molecule has 1 aliphatic heterocycles. The van der Waals surface area contributed by atoms with Gasteiger partial charge in [0.25, 0.3) is 0 Å². The largest absolute Gasteiger partial charge is 0.474 e. The Hall–Kier alpha value is -3.26. The van der Waals surface area contributed by atoms with Gasteiger partial charge in [-0.25, -0.2) is 19.7 Å². The summed E-state index contributed by atoms with van der Waals surface area (Å²) in [7, 11) is 0. The van der Waals surface area contributed by atoms with Crippen molar-refractivity contribution in [3.8, 4) is 5.88 Å². The molecule has 8 nitrogen and oxygen atoms in total. The summed E-state index contributed by atoms with van der Waals surface area (Å²) in [5, 5.41) is 5.05. The van der Waals surface area contributed by atoms with Crippen LogP contribution in [0.3, 0.4) is 0 Å². The lowest BCUT2D eigenvalue weighted by molar-refractivity contribution is 0.00864. The SMILES string of the molecule is C[C@H]1OC(=O)c2ccc(Nc3cc4c(C(C)(C)N)cnc(OC5CC5)c4cn3)nc2C1(C)C. The van der Waals surface area contributed by atoms with Crippen LogP contribution in [0.4, 0.5) is 11.6 Å². The Kier molecular flexibility index (Phi) is 4.83. The molecule has 0 radical (unpaired) electrons. The molecule has 1 atom stereocenters. The maximum Gasteiger partial charge on any atom is 0.340 e. The summed E-state index contributed by atoms with van der Waals surface area (Å²) >= 11 is 0. The van der Waals surface area contributed by atoms with Crippen LogP contribution < -0.4 is 15.8 Å². The Bertz CT molecular complexity index is 1260. The predicted molar refractivity (Wildman–Crippen MR) is 126 cm³/mol. The lowest BCUT2D eigenvalue weighted by atomic mass is 9.79. The van der Waals surface area contributed by atoms with Crippen molar-refractivity contribution in [1.82, 2.24) is 15.0 Å². The Morgan fingerprint density at radius 2 is 1.91 bits per heavy atom. The molecule has 5 rings (SSSR count). The third-order valence-corrected chi connectivity index (χ3v) is 6.51. The van der Waals surface area contributed by atoms with Crippen molar-refractivity contribution in [2.45, 2.75) is 70.6 Å². The van der Waals surface area contributed by atoms with Gasteiger partial charge in [-0.2, -0.15) is 0 Å². The van der Waals surface area contributed by atoms with Crippen molar-refractivity contribution < 1.29 is 14.3 Å². The summed E-state index contributed by atoms with van der Waals surface area (Å²) in [6, 6.07) is 5.46. The van der Waals surface area contributed by atoms with Gasteiger partial charge in [0.15, 0.2) is 0 Å². The monoisotopic (exact) mass is 447 g/mol. The zero-order valence-corrected chi connectivity index (χ0v) is 19.6. The smallest absolute Gasteiger partial charge is 0.340 e. The second-order valence-electron chi connectivity index (χ2n) is 10.1. The van der Waals surface area contributed by atoms with Gasteiger partial charge in [0.2, 0.25) is 5.88 Å². The van der Waals surface area contributed by atoms with Crippen molar-refractivity contribution in [3.05, 3.63) is 47.4 Å². The van der Waals surface area contributed by atoms with E-state index >= 15 is 0 Å². The molecule has 3 N–H and O–H groups in total. The van der Waals surface area contributed by atoms with Gasteiger partial charge in [-0.3, -0.25) is 0 Å². The predicted octanol–water partition coefficient (Wildman–Crippen LogP) is 4.34. The third-order valence-electron chi connectivity index (χ3n) is 6.51. The molecule has 4 heterocycles. The van der Waals surface area contributed by atoms with Crippen LogP contribution in [0.25, 0.3) is 10.8 Å². The topological polar surface area (TPSA) is 112 Å². The van der Waals surface area contributed by atoms with Gasteiger partial charge in [0.05, 0.1) is 16.6 Å². The Labute approximate surface area is 192 Å². The molecular weight excluding hydrogens is 418 g/mol. The lowest BCUT2D eigenvalue weighted by Gasteiger charge is -2.36. The van der Waals surface area contributed by atoms with Gasteiger partial charge in [-0.15, -0.1) is 0 Å². The van der Waals surface area contributed by atoms with Gasteiger partial charge in [-0.05, 0) is 62.8 Å². The zero-order chi connectivity index (χ0) is 23.5. The number of esters is 1. The molecule has 172 valence electrons. The Morgan fingerprint density at radius 3 is 2.61 bits per heavy atom. The number of nitrogens with two attached hydrogens (primary N) is 1. The van der Waals surface area contributed by atoms with Crippen LogP contribution in [-0.2, 0) is 15.7 Å². The van der Waals surface area contributed by atoms with Crippen molar-refractivity contribution in [2.24, 2.45) is 5.73 Å². The normalized spacial score (nSPS) is 19.7. The highest BCUT2D eigenvalue weighted by atomic mass is 16.5. The average Bonchev–Trinajstić information content (AvgIpc) is 3.56. The third kappa shape index (κ3) is 3.88. The fourth-order valence-electron chi connectivity index (χ4n) is 4.01. The number of hydrogen-bond donors (Lipinski definition) is 2. The number of pyridine rings is 3. The summed E-state index contributed by atoms with van der Waals surface area (Å²) in [6.07, 6.45) is 5.61. The van der Waals surface area contributed by atoms with Crippen LogP contribution >= 0.6 is 0 Å². The molecule has 3 aromatic heterocycles. The number of hydrogen-bond acceptors (Lipinski definition) is 8. The highest BCUT2D eigenvalue weighted by molar-refractivity contribution is 5.93. The number of nitrogens with zero attached hydrogens (tertiary/aromatic N) is 3. The van der Waals surface area contributed by atoms with Gasteiger partial charge in [-0.1, -0.05) is 13.8 Å². The quantitative estimate of drug-likeness (QED) is 0.556. The number of cyclic esters (lactones) is 1. The summed E-state index contributed by atoms with van der Waals surface area (Å²) in [5.74, 6) is 1.46. The van der Waals surface area contributed by atoms with E-state index in [2.05, 4.69) is 15.3 Å². The number of rotatable bonds is 5. The molecule has 2 aliphatic rings. The molecule has 0 amide bonds. The molecule has 0 aromatic carbocycles. The first-order chi connectivity index (χ1) is 15.5. The van der Waals surface area contributed by atoms with Crippen molar-refractivity contribution in [3.63, 3.8) is 0 Å². The van der Waals surface area contributed by atoms with Crippen LogP contribution in [0.2, 0.25) is 0 Å². The van der Waals surface area contributed by atoms with Gasteiger partial charge < -0.3 is 20.5 Å². The first-order valence-corrected chi connectivity index (χ1v) is 11.3. The summed E-state index contributed by atoms with van der Waals surface area (Å²) in [5.41, 5.74) is 7.56. The summed E-state index contributed by atoms with van der Waals surface area (Å²) in [6.45, 7) is 9.84. The second kappa shape index (κ2) is 7.38. The van der Waals surface area contributed by atoms with E-state index in [1.165, 1.54) is 0 Å². The van der Waals surface area contributed by atoms with Crippen LogP contribution in [0.15, 0.2) is 30.6 Å². The van der Waals surface area contributed by atoms with Crippen molar-refractivity contribution >= 4 is 28.4 Å². The standard InChI is InChI=1S/C25H29N5O3/c1-13-24(2,3)21-15(23(31)32-13)8-9-19(30-21)29-20-10-16-17(11-27-20)22(33-14-6-7-14)28-12-18(16)25(4,5)26/h8-14H,6-7,26H2,1-5H3,(H,27,29,30)/t13-/m1/s1. The fraction of sp³-hybridized carbons (Fsp3) is 0.440. The first-order valence-electron chi connectivity index (χ1n) is 11.3. The number of ether oxygens (including phenoxy) is 2. The number of fused-ring (bicyclic) bond motifs is 2. The molecule has 8 heteroatoms. The minimum atomic E-state index is -0.591. The first kappa shape index (κ1) is 21.6. The molecule has 1 saturated carbocycles. The molecular formula is C25H29N5O3. The molecule has 0 saturated heterocycles. The number of aromatic nitrogens is 3. The van der Waals surface area contributed by atoms with Crippen molar-refractivity contribution in [2.75, 3.05) is 5.32 Å². The zero-order valence-electron chi connectivity index (χ0n) is 19.6. The fourth-order valence-corrected chi connectivity index (χ4v) is 4.01. The molecule has 0 spiro atoms. The van der Waals surface area contributed by atoms with Crippen LogP contribution in [-0.4, -0.2) is 33.1 Å². The Balaban J connectivity index is 1.55. The molecule has 33 heavy (non-hydrogen) atoms. The van der Waals surface area contributed by atoms with E-state index in [1.807, 2.05) is 40.7 Å². The van der Waals surface area contributed by atoms with E-state index in [9.17, 15) is 4.79 Å². The van der Waals surface area contributed by atoms with E-state index in [0.29, 0.717) is 28.8 Å². The molecule has 0 bridgehead atoms.